The summed E-state index contributed by atoms with van der Waals surface area (Å²) in [6.07, 6.45) is 6.76. The number of amides is 1. The van der Waals surface area contributed by atoms with Crippen LogP contribution in [0, 0.1) is 0 Å². The van der Waals surface area contributed by atoms with E-state index in [0.717, 1.165) is 25.4 Å². The normalized spacial score (nSPS) is 11.3. The molecule has 2 aromatic carbocycles. The Morgan fingerprint density at radius 2 is 1.96 bits per heavy atom. The van der Waals surface area contributed by atoms with Crippen molar-refractivity contribution in [1.82, 2.24) is 14.8 Å². The summed E-state index contributed by atoms with van der Waals surface area (Å²) >= 11 is 4.93. The van der Waals surface area contributed by atoms with Crippen LogP contribution in [-0.2, 0) is 4.79 Å². The zero-order valence-corrected chi connectivity index (χ0v) is 15.9. The predicted octanol–water partition coefficient (Wildman–Crippen LogP) is 4.90. The minimum Gasteiger partial charge on any atom is -0.321 e. The van der Waals surface area contributed by atoms with Crippen LogP contribution in [-0.4, -0.2) is 20.7 Å². The van der Waals surface area contributed by atoms with E-state index in [9.17, 15) is 4.79 Å². The zero-order valence-electron chi connectivity index (χ0n) is 13.5. The molecule has 0 aliphatic heterocycles. The van der Waals surface area contributed by atoms with E-state index >= 15 is 0 Å². The Morgan fingerprint density at radius 3 is 2.77 bits per heavy atom. The van der Waals surface area contributed by atoms with Gasteiger partial charge in [0.15, 0.2) is 0 Å². The maximum Gasteiger partial charge on any atom is 0.248 e. The van der Waals surface area contributed by atoms with Gasteiger partial charge >= 0.3 is 0 Å². The first-order valence-corrected chi connectivity index (χ1v) is 9.44. The third-order valence-electron chi connectivity index (χ3n) is 3.65. The summed E-state index contributed by atoms with van der Waals surface area (Å²) in [5.74, 6) is -0.220. The molecule has 4 aromatic rings. The molecule has 2 aromatic heterocycles. The number of fused-ring (bicyclic) bond motifs is 1. The van der Waals surface area contributed by atoms with Gasteiger partial charge in [-0.25, -0.2) is 9.67 Å². The predicted molar refractivity (Wildman–Crippen MR) is 109 cm³/mol. The van der Waals surface area contributed by atoms with Gasteiger partial charge in [-0.3, -0.25) is 4.79 Å². The molecule has 0 saturated carbocycles. The van der Waals surface area contributed by atoms with Crippen molar-refractivity contribution in [2.24, 2.45) is 0 Å². The van der Waals surface area contributed by atoms with Crippen LogP contribution in [0.15, 0.2) is 71.5 Å². The van der Waals surface area contributed by atoms with Gasteiger partial charge in [0.25, 0.3) is 0 Å². The highest BCUT2D eigenvalue weighted by Gasteiger charge is 2.08. The number of hydrogen-bond donors (Lipinski definition) is 1. The zero-order chi connectivity index (χ0) is 17.9. The summed E-state index contributed by atoms with van der Waals surface area (Å²) in [5.41, 5.74) is 2.41. The minimum absolute atomic E-state index is 0.220. The smallest absolute Gasteiger partial charge is 0.248 e. The maximum absolute atomic E-state index is 12.3. The fourth-order valence-electron chi connectivity index (χ4n) is 2.49. The molecule has 0 saturated heterocycles. The second-order valence-corrected chi connectivity index (χ2v) is 7.44. The van der Waals surface area contributed by atoms with Gasteiger partial charge < -0.3 is 5.32 Å². The lowest BCUT2D eigenvalue weighted by Crippen LogP contribution is -2.10. The highest BCUT2D eigenvalue weighted by Crippen LogP contribution is 2.23. The lowest BCUT2D eigenvalue weighted by atomic mass is 10.2. The van der Waals surface area contributed by atoms with Crippen LogP contribution in [0.25, 0.3) is 22.0 Å². The van der Waals surface area contributed by atoms with Crippen LogP contribution in [0.5, 0.6) is 0 Å². The number of nitrogens with one attached hydrogen (secondary N) is 1. The standard InChI is InChI=1S/C19H13BrN4OS/c20-13-11-21-24(12-13)16-7-3-1-5-14(16)22-18(25)9-10-19-23-15-6-2-4-8-17(15)26-19/h1-12H,(H,22,25)/b10-9+. The Bertz CT molecular complexity index is 1080. The molecule has 0 aliphatic carbocycles. The second kappa shape index (κ2) is 7.23. The summed E-state index contributed by atoms with van der Waals surface area (Å²) in [4.78, 5) is 16.8. The van der Waals surface area contributed by atoms with Gasteiger partial charge in [-0.1, -0.05) is 24.3 Å². The van der Waals surface area contributed by atoms with Crippen molar-refractivity contribution in [3.8, 4) is 5.69 Å². The first-order chi connectivity index (χ1) is 12.7. The summed E-state index contributed by atoms with van der Waals surface area (Å²) in [6, 6.07) is 15.4. The van der Waals surface area contributed by atoms with Crippen molar-refractivity contribution >= 4 is 55.2 Å². The van der Waals surface area contributed by atoms with E-state index in [1.807, 2.05) is 54.7 Å². The molecule has 26 heavy (non-hydrogen) atoms. The quantitative estimate of drug-likeness (QED) is 0.474. The average Bonchev–Trinajstić information content (AvgIpc) is 3.26. The fraction of sp³-hybridized carbons (Fsp3) is 0. The molecule has 7 heteroatoms. The van der Waals surface area contributed by atoms with Gasteiger partial charge in [0.1, 0.15) is 5.01 Å². The number of rotatable bonds is 4. The van der Waals surface area contributed by atoms with Crippen LogP contribution in [0.4, 0.5) is 5.69 Å². The number of carbonyl (C=O) groups is 1. The molecule has 0 atom stereocenters. The molecule has 1 N–H and O–H groups in total. The van der Waals surface area contributed by atoms with Crippen molar-refractivity contribution in [1.29, 1.82) is 0 Å². The van der Waals surface area contributed by atoms with Gasteiger partial charge in [-0.15, -0.1) is 11.3 Å². The first-order valence-electron chi connectivity index (χ1n) is 7.83. The third kappa shape index (κ3) is 3.58. The summed E-state index contributed by atoms with van der Waals surface area (Å²) < 4.78 is 3.67. The Hall–Kier alpha value is -2.77. The molecule has 1 amide bonds. The Kier molecular flexibility index (Phi) is 4.64. The SMILES string of the molecule is O=C(/C=C/c1nc2ccccc2s1)Nc1ccccc1-n1cc(Br)cn1. The average molecular weight is 425 g/mol. The fourth-order valence-corrected chi connectivity index (χ4v) is 3.65. The molecule has 0 bridgehead atoms. The topological polar surface area (TPSA) is 59.8 Å². The Morgan fingerprint density at radius 1 is 1.15 bits per heavy atom. The largest absolute Gasteiger partial charge is 0.321 e. The first kappa shape index (κ1) is 16.7. The minimum atomic E-state index is -0.220. The molecular weight excluding hydrogens is 412 g/mol. The number of hydrogen-bond acceptors (Lipinski definition) is 4. The Labute approximate surface area is 162 Å². The van der Waals surface area contributed by atoms with Crippen LogP contribution < -0.4 is 5.32 Å². The highest BCUT2D eigenvalue weighted by molar-refractivity contribution is 9.10. The summed E-state index contributed by atoms with van der Waals surface area (Å²) in [6.45, 7) is 0. The molecule has 5 nitrogen and oxygen atoms in total. The highest BCUT2D eigenvalue weighted by atomic mass is 79.9. The molecule has 0 radical (unpaired) electrons. The van der Waals surface area contributed by atoms with Crippen molar-refractivity contribution in [2.75, 3.05) is 5.32 Å². The van der Waals surface area contributed by atoms with Gasteiger partial charge in [-0.2, -0.15) is 5.10 Å². The van der Waals surface area contributed by atoms with Crippen molar-refractivity contribution < 1.29 is 4.79 Å². The van der Waals surface area contributed by atoms with E-state index in [2.05, 4.69) is 31.3 Å². The van der Waals surface area contributed by atoms with Crippen LogP contribution in [0.3, 0.4) is 0 Å². The van der Waals surface area contributed by atoms with Gasteiger partial charge in [0, 0.05) is 12.3 Å². The van der Waals surface area contributed by atoms with Crippen LogP contribution in [0.2, 0.25) is 0 Å². The monoisotopic (exact) mass is 424 g/mol. The van der Waals surface area contributed by atoms with Gasteiger partial charge in [0.2, 0.25) is 5.91 Å². The number of aromatic nitrogens is 3. The number of halogens is 1. The van der Waals surface area contributed by atoms with Crippen molar-refractivity contribution in [3.63, 3.8) is 0 Å². The number of anilines is 1. The molecule has 2 heterocycles. The van der Waals surface area contributed by atoms with Crippen molar-refractivity contribution in [2.45, 2.75) is 0 Å². The van der Waals surface area contributed by atoms with E-state index in [1.165, 1.54) is 6.08 Å². The third-order valence-corrected chi connectivity index (χ3v) is 5.06. The molecule has 4 rings (SSSR count). The summed E-state index contributed by atoms with van der Waals surface area (Å²) in [7, 11) is 0. The Balaban J connectivity index is 1.53. The summed E-state index contributed by atoms with van der Waals surface area (Å²) in [5, 5.41) is 7.96. The molecule has 0 spiro atoms. The van der Waals surface area contributed by atoms with Crippen molar-refractivity contribution in [3.05, 3.63) is 76.5 Å². The van der Waals surface area contributed by atoms with E-state index in [1.54, 1.807) is 28.3 Å². The van der Waals surface area contributed by atoms with Crippen LogP contribution in [0.1, 0.15) is 5.01 Å². The molecule has 0 unspecified atom stereocenters. The molecule has 0 fully saturated rings. The van der Waals surface area contributed by atoms with E-state index in [4.69, 9.17) is 0 Å². The maximum atomic E-state index is 12.3. The van der Waals surface area contributed by atoms with Crippen LogP contribution >= 0.6 is 27.3 Å². The van der Waals surface area contributed by atoms with E-state index in [-0.39, 0.29) is 5.91 Å². The molecular formula is C19H13BrN4OS. The van der Waals surface area contributed by atoms with Gasteiger partial charge in [-0.05, 0) is 46.3 Å². The molecule has 0 aliphatic rings. The lowest BCUT2D eigenvalue weighted by molar-refractivity contribution is -0.111. The number of benzene rings is 2. The number of thiazole rings is 1. The van der Waals surface area contributed by atoms with E-state index < -0.39 is 0 Å². The lowest BCUT2D eigenvalue weighted by Gasteiger charge is -2.09. The number of nitrogens with zero attached hydrogens (tertiary/aromatic N) is 3. The number of carbonyl (C=O) groups excluding carboxylic acids is 1. The second-order valence-electron chi connectivity index (χ2n) is 5.46. The van der Waals surface area contributed by atoms with Gasteiger partial charge in [0.05, 0.1) is 32.3 Å². The molecule has 128 valence electrons. The number of para-hydroxylation sites is 3. The van der Waals surface area contributed by atoms with E-state index in [0.29, 0.717) is 5.69 Å².